The third-order valence-electron chi connectivity index (χ3n) is 5.44. The summed E-state index contributed by atoms with van der Waals surface area (Å²) >= 11 is 0. The lowest BCUT2D eigenvalue weighted by Crippen LogP contribution is -2.47. The molecule has 0 bridgehead atoms. The molecule has 27 heavy (non-hydrogen) atoms. The van der Waals surface area contributed by atoms with Crippen LogP contribution in [0.25, 0.3) is 0 Å². The predicted octanol–water partition coefficient (Wildman–Crippen LogP) is 4.48. The molecular formula is C23H30N2O2. The van der Waals surface area contributed by atoms with Crippen LogP contribution in [0.1, 0.15) is 36.5 Å². The van der Waals surface area contributed by atoms with Crippen molar-refractivity contribution in [3.05, 3.63) is 59.2 Å². The van der Waals surface area contributed by atoms with E-state index < -0.39 is 0 Å². The molecule has 0 aromatic heterocycles. The van der Waals surface area contributed by atoms with Crippen LogP contribution >= 0.6 is 0 Å². The van der Waals surface area contributed by atoms with Gasteiger partial charge in [-0.3, -0.25) is 9.69 Å². The Morgan fingerprint density at radius 2 is 1.78 bits per heavy atom. The van der Waals surface area contributed by atoms with E-state index in [4.69, 9.17) is 4.74 Å². The first-order valence-electron chi connectivity index (χ1n) is 9.78. The molecule has 1 atom stereocenters. The van der Waals surface area contributed by atoms with Gasteiger partial charge in [0.25, 0.3) is 0 Å². The molecule has 1 saturated heterocycles. The largest absolute Gasteiger partial charge is 0.490 e. The topological polar surface area (TPSA) is 41.6 Å². The summed E-state index contributed by atoms with van der Waals surface area (Å²) in [5.41, 5.74) is 4.37. The van der Waals surface area contributed by atoms with Gasteiger partial charge in [0.15, 0.2) is 0 Å². The number of hydrogen-bond donors (Lipinski definition) is 1. The zero-order chi connectivity index (χ0) is 19.4. The van der Waals surface area contributed by atoms with Crippen molar-refractivity contribution >= 4 is 11.6 Å². The number of para-hydroxylation sites is 1. The Morgan fingerprint density at radius 1 is 1.07 bits per heavy atom. The van der Waals surface area contributed by atoms with Gasteiger partial charge in [0.05, 0.1) is 6.04 Å². The van der Waals surface area contributed by atoms with E-state index in [1.807, 2.05) is 38.1 Å². The second-order valence-electron chi connectivity index (χ2n) is 7.60. The lowest BCUT2D eigenvalue weighted by atomic mass is 10.0. The van der Waals surface area contributed by atoms with Gasteiger partial charge in [-0.15, -0.1) is 0 Å². The molecule has 1 unspecified atom stereocenters. The highest BCUT2D eigenvalue weighted by atomic mass is 16.5. The molecule has 4 heteroatoms. The number of likely N-dealkylation sites (tertiary alicyclic amines) is 1. The van der Waals surface area contributed by atoms with Gasteiger partial charge in [-0.05, 0) is 69.4 Å². The summed E-state index contributed by atoms with van der Waals surface area (Å²) in [4.78, 5) is 14.9. The highest BCUT2D eigenvalue weighted by Crippen LogP contribution is 2.25. The van der Waals surface area contributed by atoms with Crippen LogP contribution in [-0.4, -0.2) is 36.0 Å². The maximum Gasteiger partial charge on any atom is 0.241 e. The van der Waals surface area contributed by atoms with Gasteiger partial charge in [-0.25, -0.2) is 0 Å². The van der Waals surface area contributed by atoms with Gasteiger partial charge >= 0.3 is 0 Å². The molecule has 1 N–H and O–H groups in total. The van der Waals surface area contributed by atoms with Gasteiger partial charge in [-0.2, -0.15) is 0 Å². The molecule has 1 amide bonds. The second-order valence-corrected chi connectivity index (χ2v) is 7.60. The molecule has 3 rings (SSSR count). The average molecular weight is 367 g/mol. The maximum atomic E-state index is 12.6. The van der Waals surface area contributed by atoms with Crippen LogP contribution < -0.4 is 10.1 Å². The Balaban J connectivity index is 1.53. The van der Waals surface area contributed by atoms with E-state index in [-0.39, 0.29) is 18.1 Å². The Hall–Kier alpha value is -2.33. The Morgan fingerprint density at radius 3 is 2.48 bits per heavy atom. The first-order valence-corrected chi connectivity index (χ1v) is 9.78. The van der Waals surface area contributed by atoms with E-state index in [1.165, 1.54) is 11.1 Å². The van der Waals surface area contributed by atoms with Gasteiger partial charge in [0.2, 0.25) is 5.91 Å². The summed E-state index contributed by atoms with van der Waals surface area (Å²) < 4.78 is 6.24. The number of carbonyl (C=O) groups is 1. The lowest BCUT2D eigenvalue weighted by Gasteiger charge is -2.35. The molecule has 1 heterocycles. The highest BCUT2D eigenvalue weighted by Gasteiger charge is 2.27. The van der Waals surface area contributed by atoms with Crippen molar-refractivity contribution in [2.45, 2.75) is 52.7 Å². The molecule has 0 aliphatic carbocycles. The van der Waals surface area contributed by atoms with Crippen LogP contribution in [0.2, 0.25) is 0 Å². The van der Waals surface area contributed by atoms with E-state index in [0.717, 1.165) is 42.9 Å². The van der Waals surface area contributed by atoms with Crippen LogP contribution in [0.4, 0.5) is 5.69 Å². The summed E-state index contributed by atoms with van der Waals surface area (Å²) in [6.07, 6.45) is 2.10. The van der Waals surface area contributed by atoms with Gasteiger partial charge < -0.3 is 10.1 Å². The van der Waals surface area contributed by atoms with Crippen LogP contribution in [0.3, 0.4) is 0 Å². The number of ether oxygens (including phenoxy) is 1. The lowest BCUT2D eigenvalue weighted by molar-refractivity contribution is -0.121. The Kier molecular flexibility index (Phi) is 6.17. The van der Waals surface area contributed by atoms with E-state index in [2.05, 4.69) is 42.3 Å². The second kappa shape index (κ2) is 8.57. The Labute approximate surface area is 162 Å². The highest BCUT2D eigenvalue weighted by molar-refractivity contribution is 5.95. The first kappa shape index (κ1) is 19.4. The number of benzene rings is 2. The molecule has 2 aromatic carbocycles. The molecule has 1 aliphatic heterocycles. The number of rotatable bonds is 5. The van der Waals surface area contributed by atoms with Crippen LogP contribution in [0.5, 0.6) is 5.75 Å². The summed E-state index contributed by atoms with van der Waals surface area (Å²) in [5.74, 6) is 1.04. The predicted molar refractivity (Wildman–Crippen MR) is 110 cm³/mol. The maximum absolute atomic E-state index is 12.6. The molecule has 2 aromatic rings. The molecule has 0 spiro atoms. The number of piperidine rings is 1. The van der Waals surface area contributed by atoms with Crippen molar-refractivity contribution in [1.29, 1.82) is 0 Å². The molecule has 4 nitrogen and oxygen atoms in total. The summed E-state index contributed by atoms with van der Waals surface area (Å²) in [5, 5.41) is 3.06. The van der Waals surface area contributed by atoms with E-state index in [1.54, 1.807) is 0 Å². The van der Waals surface area contributed by atoms with Crippen LogP contribution in [-0.2, 0) is 4.79 Å². The van der Waals surface area contributed by atoms with Gasteiger partial charge in [0.1, 0.15) is 11.9 Å². The monoisotopic (exact) mass is 366 g/mol. The summed E-state index contributed by atoms with van der Waals surface area (Å²) in [6.45, 7) is 9.91. The standard InChI is InChI=1S/C23H30N2O2/c1-16-9-10-18(3)22(15-16)27-20-11-13-25(14-12-20)19(4)23(26)24-21-8-6-5-7-17(21)2/h5-10,15,19-20H,11-14H2,1-4H3,(H,24,26). The zero-order valence-electron chi connectivity index (χ0n) is 16.8. The number of nitrogens with zero attached hydrogens (tertiary/aromatic N) is 1. The van der Waals surface area contributed by atoms with Crippen molar-refractivity contribution in [3.8, 4) is 5.75 Å². The van der Waals surface area contributed by atoms with Crippen molar-refractivity contribution in [1.82, 2.24) is 4.90 Å². The Bertz CT molecular complexity index is 795. The quantitative estimate of drug-likeness (QED) is 0.848. The minimum Gasteiger partial charge on any atom is -0.490 e. The van der Waals surface area contributed by atoms with E-state index >= 15 is 0 Å². The third kappa shape index (κ3) is 4.89. The minimum absolute atomic E-state index is 0.0539. The van der Waals surface area contributed by atoms with Gasteiger partial charge in [-0.1, -0.05) is 30.3 Å². The normalized spacial score (nSPS) is 16.7. The fourth-order valence-corrected chi connectivity index (χ4v) is 3.51. The third-order valence-corrected chi connectivity index (χ3v) is 5.44. The smallest absolute Gasteiger partial charge is 0.241 e. The van der Waals surface area contributed by atoms with Crippen molar-refractivity contribution in [2.75, 3.05) is 18.4 Å². The number of anilines is 1. The van der Waals surface area contributed by atoms with Crippen molar-refractivity contribution in [2.24, 2.45) is 0 Å². The molecule has 144 valence electrons. The van der Waals surface area contributed by atoms with Crippen LogP contribution in [0, 0.1) is 20.8 Å². The van der Waals surface area contributed by atoms with Gasteiger partial charge in [0, 0.05) is 18.8 Å². The SMILES string of the molecule is Cc1ccc(C)c(OC2CCN(C(C)C(=O)Nc3ccccc3C)CC2)c1. The molecule has 1 fully saturated rings. The fourth-order valence-electron chi connectivity index (χ4n) is 3.51. The fraction of sp³-hybridized carbons (Fsp3) is 0.435. The van der Waals surface area contributed by atoms with Crippen molar-refractivity contribution in [3.63, 3.8) is 0 Å². The number of amides is 1. The molecule has 0 saturated carbocycles. The molecular weight excluding hydrogens is 336 g/mol. The minimum atomic E-state index is -0.147. The molecule has 0 radical (unpaired) electrons. The van der Waals surface area contributed by atoms with E-state index in [0.29, 0.717) is 0 Å². The summed E-state index contributed by atoms with van der Waals surface area (Å²) in [6, 6.07) is 14.1. The molecule has 1 aliphatic rings. The number of hydrogen-bond acceptors (Lipinski definition) is 3. The van der Waals surface area contributed by atoms with Crippen LogP contribution in [0.15, 0.2) is 42.5 Å². The number of nitrogens with one attached hydrogen (secondary N) is 1. The summed E-state index contributed by atoms with van der Waals surface area (Å²) in [7, 11) is 0. The first-order chi connectivity index (χ1) is 12.9. The zero-order valence-corrected chi connectivity index (χ0v) is 16.8. The number of aryl methyl sites for hydroxylation is 3. The number of carbonyl (C=O) groups excluding carboxylic acids is 1. The average Bonchev–Trinajstić information content (AvgIpc) is 2.66. The van der Waals surface area contributed by atoms with E-state index in [9.17, 15) is 4.79 Å². The van der Waals surface area contributed by atoms with Crippen molar-refractivity contribution < 1.29 is 9.53 Å².